The molecule has 0 radical (unpaired) electrons. The number of hydrogen-bond donors (Lipinski definition) is 1. The van der Waals surface area contributed by atoms with Crippen molar-refractivity contribution in [3.05, 3.63) is 77.6 Å². The van der Waals surface area contributed by atoms with Crippen LogP contribution in [0.5, 0.6) is 5.75 Å². The predicted molar refractivity (Wildman–Crippen MR) is 109 cm³/mol. The van der Waals surface area contributed by atoms with Crippen LogP contribution in [0.15, 0.2) is 60.8 Å². The van der Waals surface area contributed by atoms with E-state index in [0.29, 0.717) is 24.5 Å². The molecule has 0 aliphatic carbocycles. The summed E-state index contributed by atoms with van der Waals surface area (Å²) in [6.07, 6.45) is 1.69. The first-order chi connectivity index (χ1) is 14.2. The van der Waals surface area contributed by atoms with Crippen molar-refractivity contribution in [2.45, 2.75) is 13.2 Å². The molecule has 0 saturated heterocycles. The molecule has 0 spiro atoms. The second-order valence-electron chi connectivity index (χ2n) is 6.96. The molecule has 3 heterocycles. The van der Waals surface area contributed by atoms with E-state index in [1.165, 1.54) is 0 Å². The number of aryl methyl sites for hydroxylation is 1. The van der Waals surface area contributed by atoms with Gasteiger partial charge in [-0.05, 0) is 12.1 Å². The van der Waals surface area contributed by atoms with Gasteiger partial charge in [0, 0.05) is 36.1 Å². The van der Waals surface area contributed by atoms with E-state index in [9.17, 15) is 5.26 Å². The number of ether oxygens (including phenoxy) is 1. The van der Waals surface area contributed by atoms with Gasteiger partial charge in [0.05, 0.1) is 17.9 Å². The van der Waals surface area contributed by atoms with Gasteiger partial charge in [0.1, 0.15) is 24.0 Å². The van der Waals surface area contributed by atoms with E-state index in [1.807, 2.05) is 41.1 Å². The van der Waals surface area contributed by atoms with Gasteiger partial charge in [-0.25, -0.2) is 0 Å². The van der Waals surface area contributed by atoms with Crippen molar-refractivity contribution in [1.82, 2.24) is 19.6 Å². The van der Waals surface area contributed by atoms with Gasteiger partial charge in [-0.2, -0.15) is 15.5 Å². The quantitative estimate of drug-likeness (QED) is 0.582. The summed E-state index contributed by atoms with van der Waals surface area (Å²) in [4.78, 5) is 0. The average molecular weight is 382 g/mol. The standard InChI is InChI=1S/C22H18N6O/c1-27-12-17(11-23)22(26-27)24-18-8-7-16-13-28-19(14-29-21(16)9-18)10-20(25-28)15-5-3-2-4-6-15/h2-10,12H,13-14H2,1H3,(H,24,26). The Hall–Kier alpha value is -4.05. The third kappa shape index (κ3) is 3.21. The number of anilines is 2. The second kappa shape index (κ2) is 6.84. The van der Waals surface area contributed by atoms with E-state index in [0.717, 1.165) is 34.0 Å². The van der Waals surface area contributed by atoms with Crippen LogP contribution in [0, 0.1) is 11.3 Å². The lowest BCUT2D eigenvalue weighted by molar-refractivity contribution is 0.302. The largest absolute Gasteiger partial charge is 0.487 e. The second-order valence-corrected chi connectivity index (χ2v) is 6.96. The molecular weight excluding hydrogens is 364 g/mol. The fourth-order valence-corrected chi connectivity index (χ4v) is 3.47. The molecule has 2 aromatic carbocycles. The van der Waals surface area contributed by atoms with Gasteiger partial charge >= 0.3 is 0 Å². The molecule has 7 heteroatoms. The van der Waals surface area contributed by atoms with Crippen LogP contribution in [0.1, 0.15) is 16.8 Å². The Kier molecular flexibility index (Phi) is 4.03. The number of nitrogens with one attached hydrogen (secondary N) is 1. The van der Waals surface area contributed by atoms with E-state index in [2.05, 4.69) is 34.7 Å². The Bertz CT molecular complexity index is 1230. The minimum atomic E-state index is 0.448. The predicted octanol–water partition coefficient (Wildman–Crippen LogP) is 3.84. The maximum atomic E-state index is 9.24. The first-order valence-electron chi connectivity index (χ1n) is 9.28. The highest BCUT2D eigenvalue weighted by Crippen LogP contribution is 2.31. The van der Waals surface area contributed by atoms with Crippen LogP contribution >= 0.6 is 0 Å². The summed E-state index contributed by atoms with van der Waals surface area (Å²) >= 11 is 0. The van der Waals surface area contributed by atoms with Gasteiger partial charge in [-0.1, -0.05) is 36.4 Å². The Balaban J connectivity index is 1.41. The molecule has 2 aromatic heterocycles. The first-order valence-corrected chi connectivity index (χ1v) is 9.28. The van der Waals surface area contributed by atoms with Crippen molar-refractivity contribution >= 4 is 11.5 Å². The lowest BCUT2D eigenvalue weighted by atomic mass is 10.1. The van der Waals surface area contributed by atoms with Crippen LogP contribution in [-0.2, 0) is 20.2 Å². The zero-order chi connectivity index (χ0) is 19.8. The zero-order valence-corrected chi connectivity index (χ0v) is 15.8. The van der Waals surface area contributed by atoms with Gasteiger partial charge in [0.2, 0.25) is 0 Å². The summed E-state index contributed by atoms with van der Waals surface area (Å²) in [5.74, 6) is 1.33. The summed E-state index contributed by atoms with van der Waals surface area (Å²) in [6, 6.07) is 20.3. The number of nitrogens with zero attached hydrogens (tertiary/aromatic N) is 5. The molecule has 29 heavy (non-hydrogen) atoms. The Morgan fingerprint density at radius 2 is 1.97 bits per heavy atom. The molecule has 0 bridgehead atoms. The third-order valence-corrected chi connectivity index (χ3v) is 4.91. The fourth-order valence-electron chi connectivity index (χ4n) is 3.47. The van der Waals surface area contributed by atoms with E-state index in [-0.39, 0.29) is 0 Å². The van der Waals surface area contributed by atoms with Crippen LogP contribution in [-0.4, -0.2) is 19.6 Å². The molecular formula is C22H18N6O. The molecule has 1 aliphatic heterocycles. The SMILES string of the molecule is Cn1cc(C#N)c(Nc2ccc3c(c2)OCc2cc(-c4ccccc4)nn2C3)n1. The van der Waals surface area contributed by atoms with Crippen molar-refractivity contribution in [3.8, 4) is 23.1 Å². The monoisotopic (exact) mass is 382 g/mol. The van der Waals surface area contributed by atoms with Crippen molar-refractivity contribution in [1.29, 1.82) is 5.26 Å². The first kappa shape index (κ1) is 17.1. The molecule has 0 unspecified atom stereocenters. The average Bonchev–Trinajstić information content (AvgIpc) is 3.26. The van der Waals surface area contributed by atoms with E-state index < -0.39 is 0 Å². The molecule has 4 aromatic rings. The highest BCUT2D eigenvalue weighted by atomic mass is 16.5. The molecule has 1 N–H and O–H groups in total. The molecule has 0 atom stereocenters. The molecule has 142 valence electrons. The molecule has 0 fully saturated rings. The summed E-state index contributed by atoms with van der Waals surface area (Å²) in [6.45, 7) is 1.09. The molecule has 1 aliphatic rings. The van der Waals surface area contributed by atoms with Crippen molar-refractivity contribution in [3.63, 3.8) is 0 Å². The summed E-state index contributed by atoms with van der Waals surface area (Å²) < 4.78 is 9.68. The highest BCUT2D eigenvalue weighted by Gasteiger charge is 2.18. The van der Waals surface area contributed by atoms with Gasteiger partial charge < -0.3 is 10.1 Å². The van der Waals surface area contributed by atoms with Gasteiger partial charge in [-0.15, -0.1) is 0 Å². The van der Waals surface area contributed by atoms with Gasteiger partial charge in [0.25, 0.3) is 0 Å². The van der Waals surface area contributed by atoms with Gasteiger partial charge in [0.15, 0.2) is 5.82 Å². The Morgan fingerprint density at radius 3 is 2.79 bits per heavy atom. The smallest absolute Gasteiger partial charge is 0.170 e. The maximum absolute atomic E-state index is 9.24. The normalized spacial score (nSPS) is 12.3. The lowest BCUT2D eigenvalue weighted by Crippen LogP contribution is -2.04. The summed E-state index contributed by atoms with van der Waals surface area (Å²) in [7, 11) is 1.79. The Morgan fingerprint density at radius 1 is 1.10 bits per heavy atom. The molecule has 7 nitrogen and oxygen atoms in total. The molecule has 0 amide bonds. The highest BCUT2D eigenvalue weighted by molar-refractivity contribution is 5.64. The lowest BCUT2D eigenvalue weighted by Gasteiger charge is -2.10. The van der Waals surface area contributed by atoms with Crippen LogP contribution < -0.4 is 10.1 Å². The van der Waals surface area contributed by atoms with Crippen LogP contribution in [0.2, 0.25) is 0 Å². The zero-order valence-electron chi connectivity index (χ0n) is 15.8. The fraction of sp³-hybridized carbons (Fsp3) is 0.136. The van der Waals surface area contributed by atoms with E-state index >= 15 is 0 Å². The number of rotatable bonds is 3. The van der Waals surface area contributed by atoms with Crippen molar-refractivity contribution in [2.75, 3.05) is 5.32 Å². The van der Waals surface area contributed by atoms with E-state index in [1.54, 1.807) is 17.9 Å². The maximum Gasteiger partial charge on any atom is 0.170 e. The van der Waals surface area contributed by atoms with Crippen molar-refractivity contribution < 1.29 is 4.74 Å². The number of aromatic nitrogens is 4. The number of fused-ring (bicyclic) bond motifs is 2. The summed E-state index contributed by atoms with van der Waals surface area (Å²) in [5, 5.41) is 21.5. The Labute approximate surface area is 167 Å². The third-order valence-electron chi connectivity index (χ3n) is 4.91. The van der Waals surface area contributed by atoms with Crippen LogP contribution in [0.25, 0.3) is 11.3 Å². The topological polar surface area (TPSA) is 80.7 Å². The molecule has 0 saturated carbocycles. The minimum Gasteiger partial charge on any atom is -0.487 e. The van der Waals surface area contributed by atoms with E-state index in [4.69, 9.17) is 9.84 Å². The van der Waals surface area contributed by atoms with Crippen molar-refractivity contribution in [2.24, 2.45) is 7.05 Å². The number of hydrogen-bond acceptors (Lipinski definition) is 5. The van der Waals surface area contributed by atoms with Gasteiger partial charge in [-0.3, -0.25) is 9.36 Å². The minimum absolute atomic E-state index is 0.448. The number of benzene rings is 2. The van der Waals surface area contributed by atoms with Crippen LogP contribution in [0.3, 0.4) is 0 Å². The summed E-state index contributed by atoms with van der Waals surface area (Å²) in [5.41, 5.74) is 5.45. The number of nitriles is 1. The molecule has 5 rings (SSSR count). The van der Waals surface area contributed by atoms with Crippen LogP contribution in [0.4, 0.5) is 11.5 Å².